The van der Waals surface area contributed by atoms with Crippen LogP contribution in [-0.4, -0.2) is 19.4 Å². The zero-order chi connectivity index (χ0) is 0. The van der Waals surface area contributed by atoms with Gasteiger partial charge >= 0.3 is 0 Å². The first-order chi connectivity index (χ1) is 0. The summed E-state index contributed by atoms with van der Waals surface area (Å²) in [6.45, 7) is 0. The molecule has 0 saturated carbocycles. The third-order valence-electron chi connectivity index (χ3n) is 0. The maximum atomic E-state index is 0. The fraction of sp³-hybridized carbons (Fsp3) is 0. The van der Waals surface area contributed by atoms with Gasteiger partial charge in [0, 0.05) is 64.9 Å². The standard InChI is InChI=1S/B.Cu.Fe.Nb.H4Si/h;;;;1H4. The summed E-state index contributed by atoms with van der Waals surface area (Å²) in [5.41, 5.74) is 0. The molecule has 0 fully saturated rings. The van der Waals surface area contributed by atoms with Crippen LogP contribution in [0.5, 0.6) is 0 Å². The van der Waals surface area contributed by atoms with Crippen molar-refractivity contribution < 1.29 is 56.5 Å². The van der Waals surface area contributed by atoms with E-state index >= 15 is 0 Å². The van der Waals surface area contributed by atoms with Gasteiger partial charge in [-0.15, -0.1) is 0 Å². The van der Waals surface area contributed by atoms with E-state index < -0.39 is 0 Å². The van der Waals surface area contributed by atoms with Gasteiger partial charge in [0.25, 0.3) is 0 Å². The second kappa shape index (κ2) is 36.5. The Morgan fingerprint density at radius 1 is 1.00 bits per heavy atom. The van der Waals surface area contributed by atoms with Crippen molar-refractivity contribution in [3.63, 3.8) is 0 Å². The molecule has 0 atom stereocenters. The molecule has 0 amide bonds. The van der Waals surface area contributed by atoms with Crippen molar-refractivity contribution in [2.45, 2.75) is 0 Å². The molecule has 0 nitrogen and oxygen atoms in total. The van der Waals surface area contributed by atoms with Gasteiger partial charge < -0.3 is 0 Å². The molecule has 0 rings (SSSR count). The van der Waals surface area contributed by atoms with E-state index in [9.17, 15) is 0 Å². The molecule has 5 heavy (non-hydrogen) atoms. The van der Waals surface area contributed by atoms with E-state index in [1.807, 2.05) is 0 Å². The molecular weight excluding hydrogens is 251 g/mol. The second-order valence-corrected chi connectivity index (χ2v) is 0. The number of hydrogen-bond donors (Lipinski definition) is 0. The first-order valence-corrected chi connectivity index (χ1v) is 0. The van der Waals surface area contributed by atoms with Crippen LogP contribution < -0.4 is 0 Å². The summed E-state index contributed by atoms with van der Waals surface area (Å²) >= 11 is 0. The van der Waals surface area contributed by atoms with Crippen LogP contribution >= 0.6 is 0 Å². The smallest absolute Gasteiger partial charge is 0 e. The van der Waals surface area contributed by atoms with Gasteiger partial charge in [0.1, 0.15) is 0 Å². The normalized spacial score (nSPS) is 0. The van der Waals surface area contributed by atoms with Crippen LogP contribution in [-0.2, 0) is 56.5 Å². The van der Waals surface area contributed by atoms with E-state index in [-0.39, 0.29) is 75.9 Å². The first-order valence-electron chi connectivity index (χ1n) is 0. The van der Waals surface area contributed by atoms with Gasteiger partial charge in [-0.05, 0) is 11.0 Å². The Morgan fingerprint density at radius 3 is 1.00 bits per heavy atom. The van der Waals surface area contributed by atoms with Crippen molar-refractivity contribution >= 4 is 19.4 Å². The molecule has 35 valence electrons. The van der Waals surface area contributed by atoms with E-state index in [1.54, 1.807) is 0 Å². The zero-order valence-electron chi connectivity index (χ0n) is 1.68. The van der Waals surface area contributed by atoms with E-state index in [0.29, 0.717) is 0 Å². The zero-order valence-corrected chi connectivity index (χ0v) is 5.92. The molecule has 0 aromatic heterocycles. The van der Waals surface area contributed by atoms with Crippen molar-refractivity contribution in [1.29, 1.82) is 0 Å². The van der Waals surface area contributed by atoms with Crippen molar-refractivity contribution in [3.05, 3.63) is 0 Å². The van der Waals surface area contributed by atoms with Crippen LogP contribution in [0.3, 0.4) is 0 Å². The monoisotopic (exact) mass is 255 g/mol. The fourth-order valence-electron chi connectivity index (χ4n) is 0. The molecule has 5 radical (unpaired) electrons. The average molecular weight is 255 g/mol. The van der Waals surface area contributed by atoms with Crippen molar-refractivity contribution in [3.8, 4) is 0 Å². The molecule has 0 unspecified atom stereocenters. The molecule has 0 saturated heterocycles. The van der Waals surface area contributed by atoms with Crippen molar-refractivity contribution in [2.24, 2.45) is 0 Å². The van der Waals surface area contributed by atoms with E-state index in [2.05, 4.69) is 0 Å². The second-order valence-electron chi connectivity index (χ2n) is 0. The van der Waals surface area contributed by atoms with Gasteiger partial charge in [-0.3, -0.25) is 0 Å². The first kappa shape index (κ1) is 61.1. The minimum absolute atomic E-state index is 0. The Labute approximate surface area is 75.3 Å². The fourth-order valence-corrected chi connectivity index (χ4v) is 0. The Hall–Kier alpha value is 2.06. The van der Waals surface area contributed by atoms with Gasteiger partial charge in [-0.1, -0.05) is 0 Å². The Kier molecular flexibility index (Phi) is 446. The SMILES string of the molecule is [B].[Cu].[Fe].[Nb].[SiH4]. The molecule has 0 N–H and O–H groups in total. The Bertz CT molecular complexity index is 11.6. The van der Waals surface area contributed by atoms with E-state index in [1.165, 1.54) is 0 Å². The van der Waals surface area contributed by atoms with Crippen LogP contribution in [0.2, 0.25) is 0 Å². The third-order valence-corrected chi connectivity index (χ3v) is 0. The summed E-state index contributed by atoms with van der Waals surface area (Å²) in [7, 11) is 0. The van der Waals surface area contributed by atoms with Gasteiger partial charge in [0.05, 0.1) is 0 Å². The molecule has 0 aliphatic heterocycles. The van der Waals surface area contributed by atoms with Gasteiger partial charge in [0.2, 0.25) is 0 Å². The quantitative estimate of drug-likeness (QED) is 0.446. The van der Waals surface area contributed by atoms with Crippen molar-refractivity contribution in [2.75, 3.05) is 0 Å². The third kappa shape index (κ3) is 23.5. The van der Waals surface area contributed by atoms with Crippen LogP contribution in [0.25, 0.3) is 0 Å². The summed E-state index contributed by atoms with van der Waals surface area (Å²) < 4.78 is 0. The molecule has 0 aliphatic carbocycles. The van der Waals surface area contributed by atoms with Gasteiger partial charge in [-0.25, -0.2) is 0 Å². The maximum absolute atomic E-state index is 0. The number of hydrogen-bond acceptors (Lipinski definition) is 0. The average Bonchev–Trinajstić information content (AvgIpc) is 0. The van der Waals surface area contributed by atoms with Gasteiger partial charge in [-0.2, -0.15) is 0 Å². The largest absolute Gasteiger partial charge is 0.0149 e. The molecule has 0 spiro atoms. The summed E-state index contributed by atoms with van der Waals surface area (Å²) in [6, 6.07) is 0. The maximum Gasteiger partial charge on any atom is 0 e. The number of rotatable bonds is 0. The Balaban J connectivity index is 0. The van der Waals surface area contributed by atoms with Crippen LogP contribution in [0.1, 0.15) is 0 Å². The molecule has 0 aliphatic rings. The van der Waals surface area contributed by atoms with E-state index in [0.717, 1.165) is 0 Å². The molecule has 0 aromatic rings. The summed E-state index contributed by atoms with van der Waals surface area (Å²) in [6.07, 6.45) is 0. The summed E-state index contributed by atoms with van der Waals surface area (Å²) in [4.78, 5) is 0. The van der Waals surface area contributed by atoms with E-state index in [4.69, 9.17) is 0 Å². The minimum atomic E-state index is 0. The van der Waals surface area contributed by atoms with Crippen LogP contribution in [0, 0.1) is 0 Å². The summed E-state index contributed by atoms with van der Waals surface area (Å²) in [5.74, 6) is 0. The van der Waals surface area contributed by atoms with Crippen LogP contribution in [0.15, 0.2) is 0 Å². The molecule has 5 heteroatoms. The topological polar surface area (TPSA) is 0 Å². The molecule has 0 heterocycles. The van der Waals surface area contributed by atoms with Crippen molar-refractivity contribution in [1.82, 2.24) is 0 Å². The minimum Gasteiger partial charge on any atom is -0.0149 e. The predicted octanol–water partition coefficient (Wildman–Crippen LogP) is -1.84. The van der Waals surface area contributed by atoms with Crippen LogP contribution in [0.4, 0.5) is 0 Å². The molecular formula is H4BCuFeNbSi. The predicted molar refractivity (Wildman–Crippen MR) is 17.1 cm³/mol. The summed E-state index contributed by atoms with van der Waals surface area (Å²) in [5, 5.41) is 0. The molecule has 0 aromatic carbocycles. The Morgan fingerprint density at radius 2 is 1.00 bits per heavy atom. The van der Waals surface area contributed by atoms with Gasteiger partial charge in [0.15, 0.2) is 0 Å². The molecule has 0 bridgehead atoms.